The van der Waals surface area contributed by atoms with E-state index in [9.17, 15) is 9.59 Å². The maximum atomic E-state index is 12.9. The minimum Gasteiger partial charge on any atom is -0.336 e. The van der Waals surface area contributed by atoms with E-state index >= 15 is 0 Å². The monoisotopic (exact) mass is 376 g/mol. The molecule has 1 aliphatic carbocycles. The lowest BCUT2D eigenvalue weighted by molar-refractivity contribution is -0.132. The summed E-state index contributed by atoms with van der Waals surface area (Å²) in [6.45, 7) is 0.808. The van der Waals surface area contributed by atoms with Crippen molar-refractivity contribution in [2.45, 2.75) is 49.5 Å². The summed E-state index contributed by atoms with van der Waals surface area (Å²) in [5.74, 6) is 0.387. The van der Waals surface area contributed by atoms with Crippen LogP contribution in [0.25, 0.3) is 0 Å². The predicted octanol–water partition coefficient (Wildman–Crippen LogP) is 4.45. The van der Waals surface area contributed by atoms with Gasteiger partial charge in [-0.2, -0.15) is 0 Å². The van der Waals surface area contributed by atoms with Crippen LogP contribution < -0.4 is 5.32 Å². The fourth-order valence-corrected chi connectivity index (χ4v) is 5.29. The van der Waals surface area contributed by atoms with Gasteiger partial charge in [0.1, 0.15) is 0 Å². The summed E-state index contributed by atoms with van der Waals surface area (Å²) < 4.78 is 0. The minimum atomic E-state index is -0.231. The molecule has 0 bridgehead atoms. The van der Waals surface area contributed by atoms with Crippen LogP contribution in [0.5, 0.6) is 0 Å². The highest BCUT2D eigenvalue weighted by molar-refractivity contribution is 8.04. The van der Waals surface area contributed by atoms with Crippen LogP contribution in [0.3, 0.4) is 0 Å². The number of nitrogens with one attached hydrogen (secondary N) is 1. The normalized spacial score (nSPS) is 27.5. The largest absolute Gasteiger partial charge is 0.336 e. The van der Waals surface area contributed by atoms with Crippen LogP contribution in [0, 0.1) is 5.92 Å². The Kier molecular flexibility index (Phi) is 4.78. The number of halogens is 1. The van der Waals surface area contributed by atoms with Gasteiger partial charge in [-0.1, -0.05) is 36.2 Å². The molecule has 2 fully saturated rings. The Morgan fingerprint density at radius 3 is 2.92 bits per heavy atom. The van der Waals surface area contributed by atoms with Crippen molar-refractivity contribution >= 4 is 40.9 Å². The smallest absolute Gasteiger partial charge is 0.262 e. The van der Waals surface area contributed by atoms with E-state index in [-0.39, 0.29) is 11.8 Å². The zero-order valence-electron chi connectivity index (χ0n) is 14.0. The Balaban J connectivity index is 1.54. The van der Waals surface area contributed by atoms with Crippen molar-refractivity contribution in [3.8, 4) is 0 Å². The number of thioether (sulfide) groups is 1. The number of benzene rings is 1. The topological polar surface area (TPSA) is 49.4 Å². The molecule has 25 heavy (non-hydrogen) atoms. The fraction of sp³-hybridized carbons (Fsp3) is 0.474. The molecule has 0 radical (unpaired) electrons. The lowest BCUT2D eigenvalue weighted by Crippen LogP contribution is -2.49. The van der Waals surface area contributed by atoms with E-state index < -0.39 is 0 Å². The van der Waals surface area contributed by atoms with E-state index in [1.54, 1.807) is 12.1 Å². The lowest BCUT2D eigenvalue weighted by Gasteiger charge is -2.43. The number of hydrogen-bond donors (Lipinski definition) is 1. The molecule has 2 heterocycles. The number of piperidine rings is 1. The van der Waals surface area contributed by atoms with Crippen LogP contribution in [0.15, 0.2) is 34.1 Å². The predicted molar refractivity (Wildman–Crippen MR) is 101 cm³/mol. The van der Waals surface area contributed by atoms with Crippen LogP contribution in [-0.4, -0.2) is 29.3 Å². The van der Waals surface area contributed by atoms with Crippen molar-refractivity contribution in [3.05, 3.63) is 34.2 Å². The summed E-state index contributed by atoms with van der Waals surface area (Å²) in [6.07, 6.45) is 8.63. The van der Waals surface area contributed by atoms with Crippen molar-refractivity contribution < 1.29 is 9.59 Å². The number of fused-ring (bicyclic) bond motifs is 2. The maximum Gasteiger partial charge on any atom is 0.262 e. The second-order valence-corrected chi connectivity index (χ2v) is 8.51. The van der Waals surface area contributed by atoms with Crippen molar-refractivity contribution in [1.29, 1.82) is 0 Å². The maximum absolute atomic E-state index is 12.9. The van der Waals surface area contributed by atoms with Crippen molar-refractivity contribution in [1.82, 2.24) is 4.90 Å². The number of hydrogen-bond acceptors (Lipinski definition) is 3. The highest BCUT2D eigenvalue weighted by Gasteiger charge is 2.35. The van der Waals surface area contributed by atoms with Crippen molar-refractivity contribution in [2.24, 2.45) is 5.92 Å². The molecule has 1 saturated carbocycles. The summed E-state index contributed by atoms with van der Waals surface area (Å²) in [6, 6.07) is 5.76. The molecule has 2 amide bonds. The molecule has 3 aliphatic rings. The first-order valence-electron chi connectivity index (χ1n) is 8.93. The number of nitrogens with zero attached hydrogens (tertiary/aromatic N) is 1. The molecule has 0 spiro atoms. The standard InChI is InChI=1S/C19H21ClN2O2S/c20-13-7-8-16-14(10-13)21-19(24)17(25-16)11-18(23)22-9-3-5-12-4-1-2-6-15(12)22/h7-8,10-12,15H,1-6,9H2,(H,21,24). The Morgan fingerprint density at radius 2 is 2.04 bits per heavy atom. The molecule has 4 rings (SSSR count). The van der Waals surface area contributed by atoms with Gasteiger partial charge in [-0.05, 0) is 49.8 Å². The van der Waals surface area contributed by atoms with Crippen LogP contribution in [-0.2, 0) is 9.59 Å². The van der Waals surface area contributed by atoms with E-state index in [1.807, 2.05) is 11.0 Å². The van der Waals surface area contributed by atoms with E-state index in [2.05, 4.69) is 5.32 Å². The Morgan fingerprint density at radius 1 is 1.24 bits per heavy atom. The Labute approximate surface area is 157 Å². The highest BCUT2D eigenvalue weighted by Crippen LogP contribution is 2.40. The van der Waals surface area contributed by atoms with Gasteiger partial charge in [0.25, 0.3) is 5.91 Å². The van der Waals surface area contributed by atoms with Gasteiger partial charge in [0, 0.05) is 28.6 Å². The van der Waals surface area contributed by atoms with Gasteiger partial charge < -0.3 is 10.2 Å². The zero-order valence-corrected chi connectivity index (χ0v) is 15.5. The molecule has 132 valence electrons. The van der Waals surface area contributed by atoms with Crippen LogP contribution in [0.4, 0.5) is 5.69 Å². The first-order valence-corrected chi connectivity index (χ1v) is 10.1. The van der Waals surface area contributed by atoms with E-state index in [0.717, 1.165) is 24.3 Å². The number of anilines is 1. The van der Waals surface area contributed by atoms with Gasteiger partial charge in [0.2, 0.25) is 5.91 Å². The third kappa shape index (κ3) is 3.44. The number of amides is 2. The highest BCUT2D eigenvalue weighted by atomic mass is 35.5. The van der Waals surface area contributed by atoms with E-state index in [0.29, 0.717) is 27.6 Å². The molecular weight excluding hydrogens is 356 g/mol. The van der Waals surface area contributed by atoms with Gasteiger partial charge >= 0.3 is 0 Å². The molecule has 1 saturated heterocycles. The summed E-state index contributed by atoms with van der Waals surface area (Å²) in [5, 5.41) is 3.42. The molecule has 2 aliphatic heterocycles. The van der Waals surface area contributed by atoms with E-state index in [4.69, 9.17) is 11.6 Å². The molecule has 0 aromatic heterocycles. The minimum absolute atomic E-state index is 0.0216. The van der Waals surface area contributed by atoms with Crippen molar-refractivity contribution in [3.63, 3.8) is 0 Å². The quantitative estimate of drug-likeness (QED) is 0.736. The molecule has 4 nitrogen and oxygen atoms in total. The number of carbonyl (C=O) groups is 2. The molecule has 1 aromatic rings. The molecule has 1 aromatic carbocycles. The van der Waals surface area contributed by atoms with Gasteiger partial charge in [-0.3, -0.25) is 9.59 Å². The second-order valence-electron chi connectivity index (χ2n) is 6.99. The van der Waals surface area contributed by atoms with Crippen LogP contribution in [0.2, 0.25) is 5.02 Å². The number of likely N-dealkylation sites (tertiary alicyclic amines) is 1. The van der Waals surface area contributed by atoms with Gasteiger partial charge in [-0.15, -0.1) is 0 Å². The number of carbonyl (C=O) groups excluding carboxylic acids is 2. The summed E-state index contributed by atoms with van der Waals surface area (Å²) in [7, 11) is 0. The van der Waals surface area contributed by atoms with E-state index in [1.165, 1.54) is 43.5 Å². The third-order valence-electron chi connectivity index (χ3n) is 5.41. The first-order chi connectivity index (χ1) is 12.1. The summed E-state index contributed by atoms with van der Waals surface area (Å²) >= 11 is 7.31. The lowest BCUT2D eigenvalue weighted by atomic mass is 9.78. The Bertz CT molecular complexity index is 747. The molecule has 1 N–H and O–H groups in total. The summed E-state index contributed by atoms with van der Waals surface area (Å²) in [4.78, 5) is 28.6. The molecule has 2 atom stereocenters. The molecule has 2 unspecified atom stereocenters. The molecular formula is C19H21ClN2O2S. The molecule has 6 heteroatoms. The third-order valence-corrected chi connectivity index (χ3v) is 6.75. The summed E-state index contributed by atoms with van der Waals surface area (Å²) in [5.41, 5.74) is 0.706. The zero-order chi connectivity index (χ0) is 17.4. The van der Waals surface area contributed by atoms with Crippen molar-refractivity contribution in [2.75, 3.05) is 11.9 Å². The SMILES string of the molecule is O=C1Nc2cc(Cl)ccc2SC1=CC(=O)N1CCCC2CCCCC21. The van der Waals surface area contributed by atoms with Crippen LogP contribution >= 0.6 is 23.4 Å². The van der Waals surface area contributed by atoms with Gasteiger partial charge in [0.15, 0.2) is 0 Å². The average Bonchev–Trinajstić information content (AvgIpc) is 2.62. The second kappa shape index (κ2) is 7.04. The first kappa shape index (κ1) is 17.0. The fourth-order valence-electron chi connectivity index (χ4n) is 4.23. The Hall–Kier alpha value is -1.46. The average molecular weight is 377 g/mol. The van der Waals surface area contributed by atoms with Gasteiger partial charge in [0.05, 0.1) is 10.6 Å². The van der Waals surface area contributed by atoms with Gasteiger partial charge in [-0.25, -0.2) is 0 Å². The number of rotatable bonds is 1. The van der Waals surface area contributed by atoms with Crippen LogP contribution in [0.1, 0.15) is 38.5 Å².